The van der Waals surface area contributed by atoms with Gasteiger partial charge in [-0.25, -0.2) is 9.97 Å². The number of likely N-dealkylation sites (tertiary alicyclic amines) is 2. The Morgan fingerprint density at radius 2 is 1.39 bits per heavy atom. The van der Waals surface area contributed by atoms with Gasteiger partial charge in [-0.3, -0.25) is 24.6 Å². The molecule has 0 aliphatic carbocycles. The lowest BCUT2D eigenvalue weighted by Crippen LogP contribution is -2.49. The zero-order chi connectivity index (χ0) is 35.1. The van der Waals surface area contributed by atoms with Crippen molar-refractivity contribution in [1.82, 2.24) is 29.7 Å². The second-order valence-corrected chi connectivity index (χ2v) is 13.8. The van der Waals surface area contributed by atoms with Crippen LogP contribution in [0.25, 0.3) is 32.9 Å². The van der Waals surface area contributed by atoms with Crippen LogP contribution in [-0.4, -0.2) is 78.2 Å². The van der Waals surface area contributed by atoms with Crippen molar-refractivity contribution in [2.75, 3.05) is 36.8 Å². The number of carboxylic acids is 1. The number of aliphatic carboxylic acids is 1. The van der Waals surface area contributed by atoms with Crippen molar-refractivity contribution in [1.29, 1.82) is 0 Å². The fourth-order valence-corrected chi connectivity index (χ4v) is 7.32. The van der Waals surface area contributed by atoms with E-state index in [1.54, 1.807) is 12.4 Å². The second kappa shape index (κ2) is 13.8. The largest absolute Gasteiger partial charge is 0.481 e. The standard InChI is InChI=1S/C39H37ClN8O3/c1-23-30(4-2-6-32(23)45-37-35-26(8-11-41-37)14-24(16-43-35)18-47-13-10-29(49)22-47)31-5-3-7-33(34(31)40)46-38-36-27(9-12-42-38)15-25(17-44-36)19-48-20-28(21-48)39(50)51/h2-9,11-12,14-17,28-29,49H,10,13,18-22H2,1H3,(H,41,45)(H,42,46)(H,50,51). The van der Waals surface area contributed by atoms with Crippen LogP contribution < -0.4 is 10.6 Å². The number of aromatic nitrogens is 4. The van der Waals surface area contributed by atoms with Crippen LogP contribution in [0.1, 0.15) is 23.1 Å². The Balaban J connectivity index is 1.02. The number of aliphatic hydroxyl groups excluding tert-OH is 1. The average molecular weight is 701 g/mol. The molecule has 6 aromatic rings. The van der Waals surface area contributed by atoms with Crippen LogP contribution in [-0.2, 0) is 17.9 Å². The van der Waals surface area contributed by atoms with Crippen molar-refractivity contribution < 1.29 is 15.0 Å². The summed E-state index contributed by atoms with van der Waals surface area (Å²) in [6, 6.07) is 20.1. The molecule has 8 rings (SSSR count). The minimum absolute atomic E-state index is 0.251. The summed E-state index contributed by atoms with van der Waals surface area (Å²) in [6.07, 6.45) is 7.81. The number of fused-ring (bicyclic) bond motifs is 2. The number of rotatable bonds is 10. The minimum Gasteiger partial charge on any atom is -0.481 e. The van der Waals surface area contributed by atoms with Gasteiger partial charge in [0.2, 0.25) is 0 Å². The topological polar surface area (TPSA) is 140 Å². The number of hydrogen-bond donors (Lipinski definition) is 4. The Morgan fingerprint density at radius 3 is 2.00 bits per heavy atom. The third-order valence-electron chi connectivity index (χ3n) is 9.81. The minimum atomic E-state index is -0.742. The number of benzene rings is 2. The van der Waals surface area contributed by atoms with Crippen molar-refractivity contribution in [3.8, 4) is 11.1 Å². The Kier molecular flexibility index (Phi) is 8.95. The highest BCUT2D eigenvalue weighted by Gasteiger charge is 2.32. The summed E-state index contributed by atoms with van der Waals surface area (Å²) in [5, 5.41) is 28.5. The molecule has 0 spiro atoms. The summed E-state index contributed by atoms with van der Waals surface area (Å²) in [7, 11) is 0. The first-order valence-electron chi connectivity index (χ1n) is 17.0. The van der Waals surface area contributed by atoms with E-state index in [0.29, 0.717) is 48.5 Å². The van der Waals surface area contributed by atoms with Crippen LogP contribution in [0.4, 0.5) is 23.0 Å². The van der Waals surface area contributed by atoms with Crippen LogP contribution >= 0.6 is 11.6 Å². The van der Waals surface area contributed by atoms with Gasteiger partial charge in [0.15, 0.2) is 11.6 Å². The van der Waals surface area contributed by atoms with Gasteiger partial charge in [-0.2, -0.15) is 0 Å². The van der Waals surface area contributed by atoms with Crippen molar-refractivity contribution in [2.24, 2.45) is 5.92 Å². The maximum atomic E-state index is 11.2. The molecule has 258 valence electrons. The van der Waals surface area contributed by atoms with E-state index in [1.165, 1.54) is 0 Å². The van der Waals surface area contributed by atoms with Crippen molar-refractivity contribution in [3.05, 3.63) is 107 Å². The third-order valence-corrected chi connectivity index (χ3v) is 10.2. The van der Waals surface area contributed by atoms with Gasteiger partial charge in [0.1, 0.15) is 11.0 Å². The first-order valence-corrected chi connectivity index (χ1v) is 17.4. The van der Waals surface area contributed by atoms with Gasteiger partial charge in [-0.05, 0) is 72.0 Å². The van der Waals surface area contributed by atoms with Crippen molar-refractivity contribution in [3.63, 3.8) is 0 Å². The molecule has 0 radical (unpaired) electrons. The number of halogens is 1. The van der Waals surface area contributed by atoms with Crippen LogP contribution in [0.15, 0.2) is 85.5 Å². The zero-order valence-electron chi connectivity index (χ0n) is 28.1. The lowest BCUT2D eigenvalue weighted by molar-refractivity contribution is -0.147. The molecule has 2 fully saturated rings. The van der Waals surface area contributed by atoms with E-state index in [-0.39, 0.29) is 12.0 Å². The summed E-state index contributed by atoms with van der Waals surface area (Å²) in [6.45, 7) is 6.15. The highest BCUT2D eigenvalue weighted by atomic mass is 35.5. The fraction of sp³-hybridized carbons (Fsp3) is 0.256. The summed E-state index contributed by atoms with van der Waals surface area (Å²) < 4.78 is 0. The Labute approximate surface area is 300 Å². The Bertz CT molecular complexity index is 2280. The monoisotopic (exact) mass is 700 g/mol. The van der Waals surface area contributed by atoms with Crippen LogP contribution in [0.5, 0.6) is 0 Å². The van der Waals surface area contributed by atoms with E-state index in [4.69, 9.17) is 21.6 Å². The van der Waals surface area contributed by atoms with E-state index >= 15 is 0 Å². The molecular formula is C39H37ClN8O3. The number of aliphatic hydroxyl groups is 1. The number of carbonyl (C=O) groups is 1. The van der Waals surface area contributed by atoms with Gasteiger partial charge in [-0.1, -0.05) is 35.9 Å². The number of nitrogens with one attached hydrogen (secondary N) is 2. The van der Waals surface area contributed by atoms with Crippen LogP contribution in [0.3, 0.4) is 0 Å². The summed E-state index contributed by atoms with van der Waals surface area (Å²) in [5.41, 5.74) is 8.08. The quantitative estimate of drug-likeness (QED) is 0.120. The Morgan fingerprint density at radius 1 is 0.804 bits per heavy atom. The van der Waals surface area contributed by atoms with E-state index in [2.05, 4.69) is 55.5 Å². The van der Waals surface area contributed by atoms with Gasteiger partial charge in [-0.15, -0.1) is 0 Å². The third kappa shape index (κ3) is 6.81. The van der Waals surface area contributed by atoms with Crippen LogP contribution in [0, 0.1) is 12.8 Å². The van der Waals surface area contributed by atoms with Crippen molar-refractivity contribution in [2.45, 2.75) is 32.5 Å². The summed E-state index contributed by atoms with van der Waals surface area (Å²) >= 11 is 7.11. The lowest BCUT2D eigenvalue weighted by atomic mass is 9.98. The number of β-amino-alcohol motifs (C(OH)–C–C–N with tert-alkyl or cyclic N) is 1. The lowest BCUT2D eigenvalue weighted by Gasteiger charge is -2.36. The first-order chi connectivity index (χ1) is 24.8. The molecule has 6 heterocycles. The average Bonchev–Trinajstić information content (AvgIpc) is 3.52. The van der Waals surface area contributed by atoms with Crippen LogP contribution in [0.2, 0.25) is 5.02 Å². The molecule has 0 bridgehead atoms. The van der Waals surface area contributed by atoms with Crippen molar-refractivity contribution >= 4 is 62.4 Å². The molecule has 51 heavy (non-hydrogen) atoms. The number of anilines is 4. The predicted molar refractivity (Wildman–Crippen MR) is 200 cm³/mol. The summed E-state index contributed by atoms with van der Waals surface area (Å²) in [4.78, 5) is 34.3. The van der Waals surface area contributed by atoms with Gasteiger partial charge < -0.3 is 20.8 Å². The molecule has 12 heteroatoms. The van der Waals surface area contributed by atoms with Gasteiger partial charge in [0, 0.05) is 86.1 Å². The van der Waals surface area contributed by atoms with E-state index in [0.717, 1.165) is 74.8 Å². The molecule has 0 saturated carbocycles. The molecule has 2 aliphatic heterocycles. The molecule has 4 N–H and O–H groups in total. The van der Waals surface area contributed by atoms with Gasteiger partial charge in [0.05, 0.1) is 22.7 Å². The van der Waals surface area contributed by atoms with E-state index < -0.39 is 5.97 Å². The molecule has 2 aromatic carbocycles. The van der Waals surface area contributed by atoms with E-state index in [1.807, 2.05) is 54.9 Å². The normalized spacial score (nSPS) is 16.8. The SMILES string of the molecule is Cc1c(Nc2nccc3cc(CN4CCC(O)C4)cnc23)cccc1-c1cccc(Nc2nccc3cc(CN4CC(C(=O)O)C4)cnc23)c1Cl. The van der Waals surface area contributed by atoms with Gasteiger partial charge in [0.25, 0.3) is 0 Å². The predicted octanol–water partition coefficient (Wildman–Crippen LogP) is 6.77. The maximum absolute atomic E-state index is 11.2. The van der Waals surface area contributed by atoms with Gasteiger partial charge >= 0.3 is 5.97 Å². The number of carboxylic acid groups (broad SMARTS) is 1. The second-order valence-electron chi connectivity index (χ2n) is 13.5. The fourth-order valence-electron chi connectivity index (χ4n) is 7.05. The number of nitrogens with zero attached hydrogens (tertiary/aromatic N) is 6. The zero-order valence-corrected chi connectivity index (χ0v) is 28.8. The molecule has 11 nitrogen and oxygen atoms in total. The molecule has 0 amide bonds. The first kappa shape index (κ1) is 33.0. The molecular weight excluding hydrogens is 664 g/mol. The summed E-state index contributed by atoms with van der Waals surface area (Å²) in [5.74, 6) is 0.227. The number of pyridine rings is 4. The maximum Gasteiger partial charge on any atom is 0.309 e. The Hall–Kier alpha value is -5.20. The van der Waals surface area contributed by atoms with E-state index in [9.17, 15) is 15.0 Å². The molecule has 2 aliphatic rings. The molecule has 1 unspecified atom stereocenters. The highest BCUT2D eigenvalue weighted by molar-refractivity contribution is 6.36. The molecule has 1 atom stereocenters. The highest BCUT2D eigenvalue weighted by Crippen LogP contribution is 2.39. The smallest absolute Gasteiger partial charge is 0.309 e. The number of hydrogen-bond acceptors (Lipinski definition) is 10. The molecule has 2 saturated heterocycles. The molecule has 4 aromatic heterocycles.